The van der Waals surface area contributed by atoms with E-state index in [9.17, 15) is 0 Å². The number of fused-ring (bicyclic) bond motifs is 1. The van der Waals surface area contributed by atoms with Gasteiger partial charge in [0.05, 0.1) is 6.61 Å². The Bertz CT molecular complexity index is 530. The van der Waals surface area contributed by atoms with E-state index in [0.29, 0.717) is 18.2 Å². The van der Waals surface area contributed by atoms with Crippen LogP contribution in [0.3, 0.4) is 0 Å². The summed E-state index contributed by atoms with van der Waals surface area (Å²) < 4.78 is 5.60. The molecule has 0 amide bonds. The molecular formula is C14H20N4O. The predicted molar refractivity (Wildman–Crippen MR) is 76.1 cm³/mol. The fourth-order valence-electron chi connectivity index (χ4n) is 1.71. The topological polar surface area (TPSA) is 59.9 Å². The summed E-state index contributed by atoms with van der Waals surface area (Å²) in [7, 11) is 0. The van der Waals surface area contributed by atoms with E-state index in [0.717, 1.165) is 17.9 Å². The summed E-state index contributed by atoms with van der Waals surface area (Å²) in [6.07, 6.45) is 3.31. The predicted octanol–water partition coefficient (Wildman–Crippen LogP) is 2.50. The summed E-state index contributed by atoms with van der Waals surface area (Å²) >= 11 is 0. The van der Waals surface area contributed by atoms with Crippen LogP contribution < -0.4 is 5.32 Å². The minimum Gasteiger partial charge on any atom is -0.379 e. The molecule has 5 heteroatoms. The lowest BCUT2D eigenvalue weighted by atomic mass is 10.2. The van der Waals surface area contributed by atoms with Gasteiger partial charge in [-0.15, -0.1) is 0 Å². The van der Waals surface area contributed by atoms with Crippen LogP contribution in [-0.4, -0.2) is 34.2 Å². The third-order valence-electron chi connectivity index (χ3n) is 2.54. The molecule has 0 aromatic carbocycles. The lowest BCUT2D eigenvalue weighted by Crippen LogP contribution is -2.23. The highest BCUT2D eigenvalue weighted by molar-refractivity contribution is 5.71. The number of nitrogens with zero attached hydrogens (tertiary/aromatic N) is 3. The standard InChI is InChI=1S/C14H20N4O/c1-10(2)8-19-9-11(3)17-13-5-4-12-14(18-13)16-7-6-15-12/h4-7,10-11H,8-9H2,1-3H3,(H,16,17,18). The zero-order chi connectivity index (χ0) is 13.7. The molecule has 0 saturated heterocycles. The second-order valence-electron chi connectivity index (χ2n) is 5.07. The van der Waals surface area contributed by atoms with E-state index >= 15 is 0 Å². The smallest absolute Gasteiger partial charge is 0.180 e. The Morgan fingerprint density at radius 2 is 1.89 bits per heavy atom. The van der Waals surface area contributed by atoms with E-state index < -0.39 is 0 Å². The Labute approximate surface area is 113 Å². The number of nitrogens with one attached hydrogen (secondary N) is 1. The third-order valence-corrected chi connectivity index (χ3v) is 2.54. The van der Waals surface area contributed by atoms with Crippen molar-refractivity contribution in [1.29, 1.82) is 0 Å². The van der Waals surface area contributed by atoms with Crippen molar-refractivity contribution in [3.8, 4) is 0 Å². The van der Waals surface area contributed by atoms with Crippen LogP contribution in [0.15, 0.2) is 24.5 Å². The Morgan fingerprint density at radius 1 is 1.11 bits per heavy atom. The summed E-state index contributed by atoms with van der Waals surface area (Å²) in [6.45, 7) is 7.80. The van der Waals surface area contributed by atoms with E-state index in [2.05, 4.69) is 41.0 Å². The molecule has 0 saturated carbocycles. The molecule has 19 heavy (non-hydrogen) atoms. The van der Waals surface area contributed by atoms with Crippen molar-refractivity contribution in [1.82, 2.24) is 15.0 Å². The first-order valence-electron chi connectivity index (χ1n) is 6.57. The van der Waals surface area contributed by atoms with Gasteiger partial charge in [0.15, 0.2) is 5.65 Å². The zero-order valence-electron chi connectivity index (χ0n) is 11.6. The van der Waals surface area contributed by atoms with Gasteiger partial charge in [0.1, 0.15) is 11.3 Å². The number of rotatable bonds is 6. The van der Waals surface area contributed by atoms with Crippen LogP contribution in [0.1, 0.15) is 20.8 Å². The molecular weight excluding hydrogens is 240 g/mol. The van der Waals surface area contributed by atoms with Crippen LogP contribution in [0.25, 0.3) is 11.2 Å². The van der Waals surface area contributed by atoms with E-state index in [4.69, 9.17) is 4.74 Å². The first kappa shape index (κ1) is 13.7. The monoisotopic (exact) mass is 260 g/mol. The first-order valence-corrected chi connectivity index (χ1v) is 6.57. The molecule has 0 aliphatic carbocycles. The maximum Gasteiger partial charge on any atom is 0.180 e. The van der Waals surface area contributed by atoms with Crippen LogP contribution >= 0.6 is 0 Å². The summed E-state index contributed by atoms with van der Waals surface area (Å²) in [5.41, 5.74) is 1.46. The number of aromatic nitrogens is 3. The molecule has 1 N–H and O–H groups in total. The SMILES string of the molecule is CC(C)COCC(C)Nc1ccc2nccnc2n1. The molecule has 0 bridgehead atoms. The van der Waals surface area contributed by atoms with Gasteiger partial charge in [0.2, 0.25) is 0 Å². The second kappa shape index (κ2) is 6.43. The normalized spacial score (nSPS) is 12.8. The van der Waals surface area contributed by atoms with Crippen molar-refractivity contribution in [2.75, 3.05) is 18.5 Å². The van der Waals surface area contributed by atoms with Crippen LogP contribution in [-0.2, 0) is 4.74 Å². The van der Waals surface area contributed by atoms with Gasteiger partial charge in [0.25, 0.3) is 0 Å². The quantitative estimate of drug-likeness (QED) is 0.864. The minimum atomic E-state index is 0.209. The Balaban J connectivity index is 1.93. The van der Waals surface area contributed by atoms with Crippen molar-refractivity contribution in [2.24, 2.45) is 5.92 Å². The van der Waals surface area contributed by atoms with Crippen LogP contribution in [0.4, 0.5) is 5.82 Å². The Hall–Kier alpha value is -1.75. The van der Waals surface area contributed by atoms with Gasteiger partial charge < -0.3 is 10.1 Å². The molecule has 5 nitrogen and oxygen atoms in total. The van der Waals surface area contributed by atoms with Crippen molar-refractivity contribution >= 4 is 17.0 Å². The number of pyridine rings is 1. The summed E-state index contributed by atoms with van der Waals surface area (Å²) in [5, 5.41) is 3.30. The summed E-state index contributed by atoms with van der Waals surface area (Å²) in [4.78, 5) is 12.8. The van der Waals surface area contributed by atoms with Gasteiger partial charge in [-0.25, -0.2) is 9.97 Å². The Kier molecular flexibility index (Phi) is 4.63. The number of ether oxygens (including phenoxy) is 1. The molecule has 1 atom stereocenters. The molecule has 2 aromatic heterocycles. The third kappa shape index (κ3) is 4.13. The molecule has 102 valence electrons. The fourth-order valence-corrected chi connectivity index (χ4v) is 1.71. The van der Waals surface area contributed by atoms with Crippen LogP contribution in [0, 0.1) is 5.92 Å². The van der Waals surface area contributed by atoms with Crippen molar-refractivity contribution in [3.05, 3.63) is 24.5 Å². The lowest BCUT2D eigenvalue weighted by Gasteiger charge is -2.15. The highest BCUT2D eigenvalue weighted by Gasteiger charge is 2.05. The van der Waals surface area contributed by atoms with E-state index in [1.165, 1.54) is 0 Å². The molecule has 2 heterocycles. The maximum absolute atomic E-state index is 5.60. The minimum absolute atomic E-state index is 0.209. The molecule has 0 radical (unpaired) electrons. The summed E-state index contributed by atoms with van der Waals surface area (Å²) in [6, 6.07) is 4.04. The number of hydrogen-bond donors (Lipinski definition) is 1. The maximum atomic E-state index is 5.60. The van der Waals surface area contributed by atoms with E-state index in [1.54, 1.807) is 12.4 Å². The second-order valence-corrected chi connectivity index (χ2v) is 5.07. The van der Waals surface area contributed by atoms with Crippen LogP contribution in [0.2, 0.25) is 0 Å². The molecule has 1 unspecified atom stereocenters. The average molecular weight is 260 g/mol. The Morgan fingerprint density at radius 3 is 2.68 bits per heavy atom. The van der Waals surface area contributed by atoms with Crippen molar-refractivity contribution < 1.29 is 4.74 Å². The highest BCUT2D eigenvalue weighted by atomic mass is 16.5. The largest absolute Gasteiger partial charge is 0.379 e. The van der Waals surface area contributed by atoms with Gasteiger partial charge in [0, 0.05) is 25.0 Å². The van der Waals surface area contributed by atoms with Gasteiger partial charge in [-0.05, 0) is 25.0 Å². The van der Waals surface area contributed by atoms with Crippen LogP contribution in [0.5, 0.6) is 0 Å². The molecule has 0 aliphatic heterocycles. The summed E-state index contributed by atoms with van der Waals surface area (Å²) in [5.74, 6) is 1.36. The van der Waals surface area contributed by atoms with Gasteiger partial charge >= 0.3 is 0 Å². The molecule has 0 aliphatic rings. The fraction of sp³-hybridized carbons (Fsp3) is 0.500. The number of hydrogen-bond acceptors (Lipinski definition) is 5. The molecule has 2 aromatic rings. The molecule has 0 spiro atoms. The van der Waals surface area contributed by atoms with E-state index in [1.807, 2.05) is 12.1 Å². The number of anilines is 1. The van der Waals surface area contributed by atoms with Crippen molar-refractivity contribution in [2.45, 2.75) is 26.8 Å². The average Bonchev–Trinajstić information content (AvgIpc) is 2.38. The van der Waals surface area contributed by atoms with Gasteiger partial charge in [-0.1, -0.05) is 13.8 Å². The van der Waals surface area contributed by atoms with Gasteiger partial charge in [-0.3, -0.25) is 4.98 Å². The van der Waals surface area contributed by atoms with E-state index in [-0.39, 0.29) is 6.04 Å². The highest BCUT2D eigenvalue weighted by Crippen LogP contribution is 2.11. The van der Waals surface area contributed by atoms with Crippen molar-refractivity contribution in [3.63, 3.8) is 0 Å². The molecule has 2 rings (SSSR count). The molecule has 0 fully saturated rings. The lowest BCUT2D eigenvalue weighted by molar-refractivity contribution is 0.105. The first-order chi connectivity index (χ1) is 9.15. The zero-order valence-corrected chi connectivity index (χ0v) is 11.6. The van der Waals surface area contributed by atoms with Gasteiger partial charge in [-0.2, -0.15) is 0 Å².